The van der Waals surface area contributed by atoms with Crippen molar-refractivity contribution in [3.8, 4) is 11.1 Å². The number of halogens is 4. The van der Waals surface area contributed by atoms with Gasteiger partial charge in [0.05, 0.1) is 10.0 Å². The van der Waals surface area contributed by atoms with Gasteiger partial charge < -0.3 is 5.32 Å². The van der Waals surface area contributed by atoms with Gasteiger partial charge in [0.2, 0.25) is 0 Å². The third-order valence-corrected chi connectivity index (χ3v) is 4.55. The van der Waals surface area contributed by atoms with Crippen LogP contribution in [-0.4, -0.2) is 6.04 Å². The lowest BCUT2D eigenvalue weighted by Gasteiger charge is -2.14. The lowest BCUT2D eigenvalue weighted by Crippen LogP contribution is -2.16. The number of benzene rings is 2. The fraction of sp³-hybridized carbons (Fsp3) is 0.250. The van der Waals surface area contributed by atoms with Gasteiger partial charge in [0.25, 0.3) is 0 Å². The molecule has 5 heteroatoms. The molecule has 0 aromatic heterocycles. The molecule has 0 saturated heterocycles. The molecule has 1 fully saturated rings. The van der Waals surface area contributed by atoms with Crippen LogP contribution < -0.4 is 5.32 Å². The van der Waals surface area contributed by atoms with Crippen LogP contribution >= 0.6 is 46.4 Å². The number of nitrogens with one attached hydrogen (secondary N) is 1. The highest BCUT2D eigenvalue weighted by Gasteiger charge is 2.21. The van der Waals surface area contributed by atoms with Crippen LogP contribution in [0.3, 0.4) is 0 Å². The molecule has 1 N–H and O–H groups in total. The molecular weight excluding hydrogens is 348 g/mol. The molecule has 1 aliphatic carbocycles. The van der Waals surface area contributed by atoms with Gasteiger partial charge in [0, 0.05) is 28.2 Å². The maximum absolute atomic E-state index is 6.33. The second-order valence-electron chi connectivity index (χ2n) is 5.20. The highest BCUT2D eigenvalue weighted by molar-refractivity contribution is 6.42. The van der Waals surface area contributed by atoms with Gasteiger partial charge in [0.15, 0.2) is 0 Å². The van der Waals surface area contributed by atoms with E-state index in [4.69, 9.17) is 46.4 Å². The van der Waals surface area contributed by atoms with Crippen molar-refractivity contribution in [1.82, 2.24) is 5.32 Å². The fourth-order valence-electron chi connectivity index (χ4n) is 2.29. The molecule has 0 radical (unpaired) electrons. The van der Waals surface area contributed by atoms with Crippen LogP contribution in [0.5, 0.6) is 0 Å². The number of rotatable bonds is 4. The van der Waals surface area contributed by atoms with Crippen molar-refractivity contribution in [2.75, 3.05) is 0 Å². The molecule has 21 heavy (non-hydrogen) atoms. The summed E-state index contributed by atoms with van der Waals surface area (Å²) in [6, 6.07) is 9.78. The topological polar surface area (TPSA) is 12.0 Å². The molecule has 1 saturated carbocycles. The third kappa shape index (κ3) is 3.67. The summed E-state index contributed by atoms with van der Waals surface area (Å²) in [5, 5.41) is 5.81. The maximum atomic E-state index is 6.33. The highest BCUT2D eigenvalue weighted by Crippen LogP contribution is 2.39. The van der Waals surface area contributed by atoms with E-state index < -0.39 is 0 Å². The van der Waals surface area contributed by atoms with Gasteiger partial charge in [0.1, 0.15) is 0 Å². The lowest BCUT2D eigenvalue weighted by atomic mass is 9.99. The number of hydrogen-bond donors (Lipinski definition) is 1. The summed E-state index contributed by atoms with van der Waals surface area (Å²) in [6.07, 6.45) is 2.47. The first-order valence-electron chi connectivity index (χ1n) is 6.71. The third-order valence-electron chi connectivity index (χ3n) is 3.50. The zero-order chi connectivity index (χ0) is 15.0. The van der Waals surface area contributed by atoms with Crippen molar-refractivity contribution in [2.45, 2.75) is 25.4 Å². The van der Waals surface area contributed by atoms with Gasteiger partial charge in [-0.15, -0.1) is 0 Å². The van der Waals surface area contributed by atoms with Crippen molar-refractivity contribution < 1.29 is 0 Å². The Morgan fingerprint density at radius 2 is 1.57 bits per heavy atom. The van der Waals surface area contributed by atoms with Gasteiger partial charge in [-0.25, -0.2) is 0 Å². The summed E-state index contributed by atoms with van der Waals surface area (Å²) < 4.78 is 0. The predicted octanol–water partition coefficient (Wildman–Crippen LogP) is 6.22. The van der Waals surface area contributed by atoms with E-state index >= 15 is 0 Å². The Labute approximate surface area is 144 Å². The van der Waals surface area contributed by atoms with E-state index in [0.29, 0.717) is 26.1 Å². The maximum Gasteiger partial charge on any atom is 0.0514 e. The molecule has 0 spiro atoms. The summed E-state index contributed by atoms with van der Waals surface area (Å²) in [5.74, 6) is 0. The van der Waals surface area contributed by atoms with Crippen molar-refractivity contribution in [1.29, 1.82) is 0 Å². The predicted molar refractivity (Wildman–Crippen MR) is 91.8 cm³/mol. The minimum atomic E-state index is 0.528. The highest BCUT2D eigenvalue weighted by atomic mass is 35.5. The second kappa shape index (κ2) is 6.36. The standard InChI is InChI=1S/C16H13Cl4N/c17-10-1-4-13(9(5-10)8-21-12-2-3-12)16-14(19)6-11(18)7-15(16)20/h1,4-7,12,21H,2-3,8H2. The average molecular weight is 361 g/mol. The van der Waals surface area contributed by atoms with Crippen molar-refractivity contribution in [2.24, 2.45) is 0 Å². The first kappa shape index (κ1) is 15.5. The van der Waals surface area contributed by atoms with Crippen LogP contribution in [0.4, 0.5) is 0 Å². The SMILES string of the molecule is Clc1cc(Cl)c(-c2ccc(Cl)cc2CNC2CC2)c(Cl)c1. The van der Waals surface area contributed by atoms with Gasteiger partial charge in [-0.05, 0) is 48.2 Å². The summed E-state index contributed by atoms with van der Waals surface area (Å²) in [7, 11) is 0. The largest absolute Gasteiger partial charge is 0.310 e. The number of hydrogen-bond acceptors (Lipinski definition) is 1. The molecule has 0 unspecified atom stereocenters. The molecule has 0 atom stereocenters. The van der Waals surface area contributed by atoms with Crippen LogP contribution in [-0.2, 0) is 6.54 Å². The monoisotopic (exact) mass is 359 g/mol. The Kier molecular flexibility index (Phi) is 4.68. The first-order chi connectivity index (χ1) is 10.0. The van der Waals surface area contributed by atoms with Crippen LogP contribution in [0.2, 0.25) is 20.1 Å². The molecular formula is C16H13Cl4N. The average Bonchev–Trinajstić information content (AvgIpc) is 3.21. The Morgan fingerprint density at radius 3 is 2.19 bits per heavy atom. The molecule has 0 aliphatic heterocycles. The molecule has 0 heterocycles. The summed E-state index contributed by atoms with van der Waals surface area (Å²) in [6.45, 7) is 0.746. The summed E-state index contributed by atoms with van der Waals surface area (Å²) in [4.78, 5) is 0. The zero-order valence-corrected chi connectivity index (χ0v) is 14.1. The van der Waals surface area contributed by atoms with Crippen molar-refractivity contribution >= 4 is 46.4 Å². The van der Waals surface area contributed by atoms with Gasteiger partial charge in [-0.1, -0.05) is 52.5 Å². The lowest BCUT2D eigenvalue weighted by molar-refractivity contribution is 0.689. The van der Waals surface area contributed by atoms with Crippen LogP contribution in [0.1, 0.15) is 18.4 Å². The molecule has 3 rings (SSSR count). The molecule has 0 amide bonds. The van der Waals surface area contributed by atoms with Crippen molar-refractivity contribution in [3.05, 3.63) is 56.0 Å². The summed E-state index contributed by atoms with van der Waals surface area (Å²) in [5.41, 5.74) is 2.87. The van der Waals surface area contributed by atoms with Gasteiger partial charge in [-0.2, -0.15) is 0 Å². The van der Waals surface area contributed by atoms with Gasteiger partial charge >= 0.3 is 0 Å². The molecule has 2 aromatic rings. The normalized spacial score (nSPS) is 14.5. The second-order valence-corrected chi connectivity index (χ2v) is 6.89. The Bertz CT molecular complexity index is 657. The van der Waals surface area contributed by atoms with E-state index in [2.05, 4.69) is 5.32 Å². The minimum Gasteiger partial charge on any atom is -0.310 e. The minimum absolute atomic E-state index is 0.528. The molecule has 1 aliphatic rings. The van der Waals surface area contributed by atoms with Crippen LogP contribution in [0, 0.1) is 0 Å². The smallest absolute Gasteiger partial charge is 0.0514 e. The van der Waals surface area contributed by atoms with Crippen LogP contribution in [0.15, 0.2) is 30.3 Å². The Balaban J connectivity index is 2.04. The van der Waals surface area contributed by atoms with E-state index in [1.54, 1.807) is 12.1 Å². The first-order valence-corrected chi connectivity index (χ1v) is 8.22. The molecule has 1 nitrogen and oxygen atoms in total. The van der Waals surface area contributed by atoms with E-state index in [9.17, 15) is 0 Å². The van der Waals surface area contributed by atoms with Crippen molar-refractivity contribution in [3.63, 3.8) is 0 Å². The quantitative estimate of drug-likeness (QED) is 0.682. The summed E-state index contributed by atoms with van der Waals surface area (Å²) >= 11 is 24.8. The Morgan fingerprint density at radius 1 is 0.905 bits per heavy atom. The Hall–Kier alpha value is -0.440. The molecule has 2 aromatic carbocycles. The van der Waals surface area contributed by atoms with E-state index in [1.807, 2.05) is 18.2 Å². The van der Waals surface area contributed by atoms with Gasteiger partial charge in [-0.3, -0.25) is 0 Å². The van der Waals surface area contributed by atoms with E-state index in [-0.39, 0.29) is 0 Å². The van der Waals surface area contributed by atoms with Crippen LogP contribution in [0.25, 0.3) is 11.1 Å². The molecule has 0 bridgehead atoms. The fourth-order valence-corrected chi connectivity index (χ4v) is 3.51. The zero-order valence-electron chi connectivity index (χ0n) is 11.1. The van der Waals surface area contributed by atoms with E-state index in [1.165, 1.54) is 12.8 Å². The molecule has 110 valence electrons. The van der Waals surface area contributed by atoms with E-state index in [0.717, 1.165) is 23.2 Å².